The molecule has 0 radical (unpaired) electrons. The van der Waals surface area contributed by atoms with Crippen molar-refractivity contribution in [2.45, 2.75) is 19.5 Å². The van der Waals surface area contributed by atoms with Crippen molar-refractivity contribution >= 4 is 11.6 Å². The fraction of sp³-hybridized carbons (Fsp3) is 0.409. The molecule has 8 heteroatoms. The lowest BCUT2D eigenvalue weighted by molar-refractivity contribution is -1.02. The molecule has 5 rings (SSSR count). The number of benzene rings is 2. The average molecular weight is 413 g/mol. The SMILES string of the molecule is C[C@@H](C(=O)Nc1ccc2c(c1)OCO2)[NH+]1CC[NH+](Cc2ccc3c(c2)OCO3)CC1. The number of ether oxygens (including phenoxy) is 4. The van der Waals surface area contributed by atoms with Gasteiger partial charge in [-0.2, -0.15) is 0 Å². The van der Waals surface area contributed by atoms with Crippen LogP contribution in [0, 0.1) is 0 Å². The zero-order chi connectivity index (χ0) is 20.5. The smallest absolute Gasteiger partial charge is 0.282 e. The maximum atomic E-state index is 12.8. The van der Waals surface area contributed by atoms with Crippen LogP contribution in [0.5, 0.6) is 23.0 Å². The number of rotatable bonds is 5. The first-order chi connectivity index (χ1) is 14.7. The summed E-state index contributed by atoms with van der Waals surface area (Å²) in [6.07, 6.45) is 0. The third-order valence-corrected chi connectivity index (χ3v) is 6.14. The monoisotopic (exact) mass is 413 g/mol. The molecule has 3 aliphatic rings. The quantitative estimate of drug-likeness (QED) is 0.614. The minimum Gasteiger partial charge on any atom is -0.454 e. The lowest BCUT2D eigenvalue weighted by atomic mass is 10.1. The summed E-state index contributed by atoms with van der Waals surface area (Å²) in [6.45, 7) is 7.50. The summed E-state index contributed by atoms with van der Waals surface area (Å²) in [4.78, 5) is 15.6. The molecule has 158 valence electrons. The predicted octanol–water partition coefficient (Wildman–Crippen LogP) is -0.545. The van der Waals surface area contributed by atoms with Gasteiger partial charge >= 0.3 is 0 Å². The molecular weight excluding hydrogens is 386 g/mol. The highest BCUT2D eigenvalue weighted by atomic mass is 16.7. The highest BCUT2D eigenvalue weighted by Gasteiger charge is 2.31. The first-order valence-corrected chi connectivity index (χ1v) is 10.4. The molecule has 30 heavy (non-hydrogen) atoms. The molecule has 0 unspecified atom stereocenters. The molecule has 0 spiro atoms. The van der Waals surface area contributed by atoms with Crippen LogP contribution in [0.3, 0.4) is 0 Å². The molecule has 2 aromatic rings. The topological polar surface area (TPSA) is 74.9 Å². The average Bonchev–Trinajstić information content (AvgIpc) is 3.42. The number of quaternary nitrogens is 2. The molecule has 3 aliphatic heterocycles. The van der Waals surface area contributed by atoms with Gasteiger partial charge in [0.1, 0.15) is 32.7 Å². The van der Waals surface area contributed by atoms with Gasteiger partial charge in [0.05, 0.1) is 0 Å². The van der Waals surface area contributed by atoms with Crippen molar-refractivity contribution in [2.24, 2.45) is 0 Å². The molecule has 3 heterocycles. The van der Waals surface area contributed by atoms with E-state index in [9.17, 15) is 4.79 Å². The lowest BCUT2D eigenvalue weighted by Crippen LogP contribution is -3.29. The van der Waals surface area contributed by atoms with Gasteiger partial charge in [-0.15, -0.1) is 0 Å². The first-order valence-electron chi connectivity index (χ1n) is 10.4. The van der Waals surface area contributed by atoms with E-state index in [2.05, 4.69) is 17.4 Å². The van der Waals surface area contributed by atoms with Crippen LogP contribution in [-0.4, -0.2) is 51.7 Å². The van der Waals surface area contributed by atoms with E-state index in [0.29, 0.717) is 18.3 Å². The molecule has 1 amide bonds. The Balaban J connectivity index is 1.13. The summed E-state index contributed by atoms with van der Waals surface area (Å²) in [5.41, 5.74) is 1.99. The second-order valence-electron chi connectivity index (χ2n) is 8.05. The molecule has 0 aliphatic carbocycles. The van der Waals surface area contributed by atoms with Crippen LogP contribution in [0.4, 0.5) is 5.69 Å². The molecule has 8 nitrogen and oxygen atoms in total. The summed E-state index contributed by atoms with van der Waals surface area (Å²) < 4.78 is 21.6. The molecule has 1 saturated heterocycles. The maximum absolute atomic E-state index is 12.8. The van der Waals surface area contributed by atoms with E-state index in [1.807, 2.05) is 31.2 Å². The molecule has 3 N–H and O–H groups in total. The van der Waals surface area contributed by atoms with Crippen molar-refractivity contribution in [3.63, 3.8) is 0 Å². The molecular formula is C22H27N3O5+2. The van der Waals surface area contributed by atoms with Gasteiger partial charge in [-0.1, -0.05) is 0 Å². The molecule has 0 saturated carbocycles. The number of piperazine rings is 1. The Hall–Kier alpha value is -2.97. The number of hydrogen-bond donors (Lipinski definition) is 3. The first kappa shape index (κ1) is 19.0. The van der Waals surface area contributed by atoms with Crippen LogP contribution < -0.4 is 34.1 Å². The Morgan fingerprint density at radius 3 is 2.27 bits per heavy atom. The summed E-state index contributed by atoms with van der Waals surface area (Å²) in [5, 5.41) is 3.02. The van der Waals surface area contributed by atoms with Gasteiger partial charge in [0.15, 0.2) is 29.0 Å². The molecule has 2 aromatic carbocycles. The van der Waals surface area contributed by atoms with E-state index >= 15 is 0 Å². The van der Waals surface area contributed by atoms with Gasteiger partial charge in [-0.3, -0.25) is 4.79 Å². The number of amides is 1. The molecule has 1 atom stereocenters. The van der Waals surface area contributed by atoms with Crippen LogP contribution >= 0.6 is 0 Å². The number of nitrogens with one attached hydrogen (secondary N) is 3. The van der Waals surface area contributed by atoms with Crippen LogP contribution in [0.1, 0.15) is 12.5 Å². The fourth-order valence-corrected chi connectivity index (χ4v) is 4.28. The minimum absolute atomic E-state index is 0.0306. The van der Waals surface area contributed by atoms with Gasteiger partial charge < -0.3 is 34.1 Å². The third kappa shape index (κ3) is 3.88. The standard InChI is InChI=1S/C22H25N3O5/c1-15(22(26)23-17-3-5-19-21(11-17)30-14-28-19)25-8-6-24(7-9-25)12-16-2-4-18-20(10-16)29-13-27-18/h2-5,10-11,15H,6-9,12-14H2,1H3,(H,23,26)/p+2/t15-/m0/s1. The Morgan fingerprint density at radius 2 is 1.53 bits per heavy atom. The van der Waals surface area contributed by atoms with E-state index in [1.54, 1.807) is 0 Å². The summed E-state index contributed by atoms with van der Waals surface area (Å²) in [6, 6.07) is 11.6. The van der Waals surface area contributed by atoms with Crippen molar-refractivity contribution in [1.82, 2.24) is 0 Å². The highest BCUT2D eigenvalue weighted by molar-refractivity contribution is 5.94. The molecule has 0 aromatic heterocycles. The van der Waals surface area contributed by atoms with Crippen LogP contribution in [0.2, 0.25) is 0 Å². The van der Waals surface area contributed by atoms with E-state index in [0.717, 1.165) is 49.9 Å². The number of hydrogen-bond acceptors (Lipinski definition) is 5. The summed E-state index contributed by atoms with van der Waals surface area (Å²) >= 11 is 0. The van der Waals surface area contributed by atoms with E-state index < -0.39 is 0 Å². The van der Waals surface area contributed by atoms with E-state index in [-0.39, 0.29) is 18.7 Å². The van der Waals surface area contributed by atoms with E-state index in [1.165, 1.54) is 15.4 Å². The maximum Gasteiger partial charge on any atom is 0.282 e. The van der Waals surface area contributed by atoms with Gasteiger partial charge in [0, 0.05) is 17.3 Å². The fourth-order valence-electron chi connectivity index (χ4n) is 4.28. The van der Waals surface area contributed by atoms with E-state index in [4.69, 9.17) is 18.9 Å². The number of anilines is 1. The van der Waals surface area contributed by atoms with Crippen LogP contribution in [0.15, 0.2) is 36.4 Å². The Kier molecular flexibility index (Phi) is 5.10. The van der Waals surface area contributed by atoms with Gasteiger partial charge in [0.25, 0.3) is 5.91 Å². The molecule has 0 bridgehead atoms. The summed E-state index contributed by atoms with van der Waals surface area (Å²) in [5.74, 6) is 3.08. The third-order valence-electron chi connectivity index (χ3n) is 6.14. The highest BCUT2D eigenvalue weighted by Crippen LogP contribution is 2.34. The number of fused-ring (bicyclic) bond motifs is 2. The number of carbonyl (C=O) groups excluding carboxylic acids is 1. The van der Waals surface area contributed by atoms with Crippen molar-refractivity contribution < 1.29 is 33.5 Å². The number of carbonyl (C=O) groups is 1. The van der Waals surface area contributed by atoms with Gasteiger partial charge in [-0.25, -0.2) is 0 Å². The zero-order valence-corrected chi connectivity index (χ0v) is 17.0. The Bertz CT molecular complexity index is 942. The van der Waals surface area contributed by atoms with Crippen LogP contribution in [0.25, 0.3) is 0 Å². The Labute approximate surface area is 175 Å². The predicted molar refractivity (Wildman–Crippen MR) is 108 cm³/mol. The second kappa shape index (κ2) is 8.04. The van der Waals surface area contributed by atoms with Gasteiger partial charge in [-0.05, 0) is 37.3 Å². The van der Waals surface area contributed by atoms with Crippen LogP contribution in [-0.2, 0) is 11.3 Å². The minimum atomic E-state index is -0.109. The van der Waals surface area contributed by atoms with Gasteiger partial charge in [0.2, 0.25) is 13.6 Å². The van der Waals surface area contributed by atoms with Crippen molar-refractivity contribution in [1.29, 1.82) is 0 Å². The van der Waals surface area contributed by atoms with Crippen molar-refractivity contribution in [2.75, 3.05) is 45.1 Å². The second-order valence-corrected chi connectivity index (χ2v) is 8.05. The summed E-state index contributed by atoms with van der Waals surface area (Å²) in [7, 11) is 0. The lowest BCUT2D eigenvalue weighted by Gasteiger charge is -2.32. The zero-order valence-electron chi connectivity index (χ0n) is 17.0. The Morgan fingerprint density at radius 1 is 0.900 bits per heavy atom. The molecule has 1 fully saturated rings. The largest absolute Gasteiger partial charge is 0.454 e. The van der Waals surface area contributed by atoms with Crippen molar-refractivity contribution in [3.05, 3.63) is 42.0 Å². The normalized spacial score (nSPS) is 22.6. The van der Waals surface area contributed by atoms with Crippen molar-refractivity contribution in [3.8, 4) is 23.0 Å².